The van der Waals surface area contributed by atoms with Crippen molar-refractivity contribution in [3.63, 3.8) is 0 Å². The number of aliphatic hydroxyl groups excluding tert-OH is 1. The molecule has 1 atom stereocenters. The summed E-state index contributed by atoms with van der Waals surface area (Å²) in [5.74, 6) is -1.01. The standard InChI is InChI=1S/C11H22N2O5/c1-8(2)6-13(4-5-18-3)11(17)12-9(7-14)10(15)16/h8-9,14H,4-7H2,1-3H3,(H,12,17)(H,15,16)/t9-/m0/s1. The normalized spacial score (nSPS) is 12.3. The Morgan fingerprint density at radius 3 is 2.39 bits per heavy atom. The molecule has 0 aliphatic heterocycles. The number of nitrogens with one attached hydrogen (secondary N) is 1. The average Bonchev–Trinajstić information content (AvgIpc) is 2.30. The second-order valence-electron chi connectivity index (χ2n) is 4.36. The van der Waals surface area contributed by atoms with Crippen molar-refractivity contribution < 1.29 is 24.5 Å². The van der Waals surface area contributed by atoms with Crippen LogP contribution >= 0.6 is 0 Å². The maximum atomic E-state index is 11.8. The first-order chi connectivity index (χ1) is 8.42. The molecule has 0 spiro atoms. The number of nitrogens with zero attached hydrogens (tertiary/aromatic N) is 1. The SMILES string of the molecule is COCCN(CC(C)C)C(=O)N[C@@H](CO)C(=O)O. The molecular formula is C11H22N2O5. The van der Waals surface area contributed by atoms with Crippen LogP contribution in [-0.4, -0.2) is 66.6 Å². The van der Waals surface area contributed by atoms with E-state index in [4.69, 9.17) is 14.9 Å². The summed E-state index contributed by atoms with van der Waals surface area (Å²) in [5, 5.41) is 19.9. The van der Waals surface area contributed by atoms with E-state index in [9.17, 15) is 9.59 Å². The van der Waals surface area contributed by atoms with Crippen LogP contribution in [0, 0.1) is 5.92 Å². The molecule has 0 aliphatic rings. The highest BCUT2D eigenvalue weighted by Crippen LogP contribution is 2.00. The van der Waals surface area contributed by atoms with E-state index in [1.807, 2.05) is 13.8 Å². The highest BCUT2D eigenvalue weighted by Gasteiger charge is 2.22. The molecule has 7 nitrogen and oxygen atoms in total. The number of hydrogen-bond donors (Lipinski definition) is 3. The van der Waals surface area contributed by atoms with Gasteiger partial charge < -0.3 is 25.2 Å². The molecular weight excluding hydrogens is 240 g/mol. The first-order valence-electron chi connectivity index (χ1n) is 5.80. The zero-order valence-corrected chi connectivity index (χ0v) is 11.0. The number of urea groups is 1. The maximum absolute atomic E-state index is 11.8. The zero-order valence-electron chi connectivity index (χ0n) is 11.0. The van der Waals surface area contributed by atoms with Gasteiger partial charge >= 0.3 is 12.0 Å². The van der Waals surface area contributed by atoms with Gasteiger partial charge in [-0.2, -0.15) is 0 Å². The van der Waals surface area contributed by atoms with Crippen LogP contribution in [0.3, 0.4) is 0 Å². The van der Waals surface area contributed by atoms with Gasteiger partial charge in [0.1, 0.15) is 0 Å². The third-order valence-corrected chi connectivity index (χ3v) is 2.22. The number of carbonyl (C=O) groups is 2. The van der Waals surface area contributed by atoms with Crippen LogP contribution < -0.4 is 5.32 Å². The summed E-state index contributed by atoms with van der Waals surface area (Å²) in [6.07, 6.45) is 0. The van der Waals surface area contributed by atoms with E-state index in [2.05, 4.69) is 5.32 Å². The lowest BCUT2D eigenvalue weighted by Gasteiger charge is -2.26. The predicted octanol–water partition coefficient (Wildman–Crippen LogP) is -0.254. The van der Waals surface area contributed by atoms with Crippen molar-refractivity contribution >= 4 is 12.0 Å². The molecule has 18 heavy (non-hydrogen) atoms. The summed E-state index contributed by atoms with van der Waals surface area (Å²) >= 11 is 0. The molecule has 0 unspecified atom stereocenters. The molecule has 0 rings (SSSR count). The van der Waals surface area contributed by atoms with Crippen LogP contribution in [0.5, 0.6) is 0 Å². The lowest BCUT2D eigenvalue weighted by atomic mass is 10.2. The Balaban J connectivity index is 4.47. The number of carboxylic acids is 1. The number of aliphatic carboxylic acids is 1. The largest absolute Gasteiger partial charge is 0.480 e. The minimum atomic E-state index is -1.28. The van der Waals surface area contributed by atoms with Gasteiger partial charge in [-0.1, -0.05) is 13.8 Å². The Morgan fingerprint density at radius 2 is 2.00 bits per heavy atom. The second-order valence-corrected chi connectivity index (χ2v) is 4.36. The summed E-state index contributed by atoms with van der Waals surface area (Å²) in [7, 11) is 1.53. The average molecular weight is 262 g/mol. The molecule has 0 aromatic carbocycles. The number of methoxy groups -OCH3 is 1. The third kappa shape index (κ3) is 6.41. The summed E-state index contributed by atoms with van der Waals surface area (Å²) in [6.45, 7) is 4.50. The minimum absolute atomic E-state index is 0.255. The number of rotatable bonds is 8. The highest BCUT2D eigenvalue weighted by atomic mass is 16.5. The lowest BCUT2D eigenvalue weighted by molar-refractivity contribution is -0.140. The minimum Gasteiger partial charge on any atom is -0.480 e. The van der Waals surface area contributed by atoms with Gasteiger partial charge in [0.05, 0.1) is 13.2 Å². The molecule has 0 saturated heterocycles. The number of amides is 2. The predicted molar refractivity (Wildman–Crippen MR) is 65.3 cm³/mol. The Bertz CT molecular complexity index is 270. The number of carbonyl (C=O) groups excluding carboxylic acids is 1. The summed E-state index contributed by atoms with van der Waals surface area (Å²) in [6, 6.07) is -1.79. The van der Waals surface area contributed by atoms with E-state index in [1.165, 1.54) is 12.0 Å². The fourth-order valence-corrected chi connectivity index (χ4v) is 1.34. The molecule has 0 heterocycles. The van der Waals surface area contributed by atoms with Gasteiger partial charge in [0.15, 0.2) is 6.04 Å². The van der Waals surface area contributed by atoms with Crippen LogP contribution in [-0.2, 0) is 9.53 Å². The van der Waals surface area contributed by atoms with Gasteiger partial charge in [-0.15, -0.1) is 0 Å². The summed E-state index contributed by atoms with van der Waals surface area (Å²) in [5.41, 5.74) is 0. The maximum Gasteiger partial charge on any atom is 0.328 e. The quantitative estimate of drug-likeness (QED) is 0.560. The number of ether oxygens (including phenoxy) is 1. The van der Waals surface area contributed by atoms with Crippen molar-refractivity contribution in [3.05, 3.63) is 0 Å². The monoisotopic (exact) mass is 262 g/mol. The van der Waals surface area contributed by atoms with E-state index in [1.54, 1.807) is 0 Å². The van der Waals surface area contributed by atoms with E-state index >= 15 is 0 Å². The van der Waals surface area contributed by atoms with Gasteiger partial charge in [-0.25, -0.2) is 9.59 Å². The van der Waals surface area contributed by atoms with Crippen LogP contribution in [0.2, 0.25) is 0 Å². The summed E-state index contributed by atoms with van der Waals surface area (Å²) < 4.78 is 4.90. The molecule has 3 N–H and O–H groups in total. The van der Waals surface area contributed by atoms with Crippen LogP contribution in [0.1, 0.15) is 13.8 Å². The van der Waals surface area contributed by atoms with E-state index in [-0.39, 0.29) is 5.92 Å². The van der Waals surface area contributed by atoms with Crippen molar-refractivity contribution in [2.45, 2.75) is 19.9 Å². The summed E-state index contributed by atoms with van der Waals surface area (Å²) in [4.78, 5) is 24.0. The van der Waals surface area contributed by atoms with Crippen LogP contribution in [0.25, 0.3) is 0 Å². The topological polar surface area (TPSA) is 99.1 Å². The number of aliphatic hydroxyl groups is 1. The molecule has 0 aliphatic carbocycles. The molecule has 0 radical (unpaired) electrons. The van der Waals surface area contributed by atoms with Gasteiger partial charge in [-0.3, -0.25) is 0 Å². The Labute approximate surface area is 107 Å². The molecule has 0 bridgehead atoms. The Hall–Kier alpha value is -1.34. The van der Waals surface area contributed by atoms with Crippen LogP contribution in [0.4, 0.5) is 4.79 Å². The van der Waals surface area contributed by atoms with Gasteiger partial charge in [0, 0.05) is 20.2 Å². The fraction of sp³-hybridized carbons (Fsp3) is 0.818. The Morgan fingerprint density at radius 1 is 1.39 bits per heavy atom. The van der Waals surface area contributed by atoms with E-state index < -0.39 is 24.6 Å². The van der Waals surface area contributed by atoms with Crippen molar-refractivity contribution in [2.24, 2.45) is 5.92 Å². The van der Waals surface area contributed by atoms with Gasteiger partial charge in [0.25, 0.3) is 0 Å². The first-order valence-corrected chi connectivity index (χ1v) is 5.80. The molecule has 0 fully saturated rings. The van der Waals surface area contributed by atoms with E-state index in [0.29, 0.717) is 19.7 Å². The third-order valence-electron chi connectivity index (χ3n) is 2.22. The van der Waals surface area contributed by atoms with Crippen molar-refractivity contribution in [1.29, 1.82) is 0 Å². The van der Waals surface area contributed by atoms with E-state index in [0.717, 1.165) is 0 Å². The fourth-order valence-electron chi connectivity index (χ4n) is 1.34. The number of carboxylic acid groups (broad SMARTS) is 1. The van der Waals surface area contributed by atoms with Crippen molar-refractivity contribution in [1.82, 2.24) is 10.2 Å². The smallest absolute Gasteiger partial charge is 0.328 e. The van der Waals surface area contributed by atoms with Gasteiger partial charge in [0.2, 0.25) is 0 Å². The molecule has 0 saturated carbocycles. The molecule has 2 amide bonds. The highest BCUT2D eigenvalue weighted by molar-refractivity contribution is 5.82. The van der Waals surface area contributed by atoms with Crippen LogP contribution in [0.15, 0.2) is 0 Å². The first kappa shape index (κ1) is 16.7. The molecule has 0 aromatic heterocycles. The Kier molecular flexibility index (Phi) is 8.06. The second kappa shape index (κ2) is 8.71. The number of hydrogen-bond acceptors (Lipinski definition) is 4. The molecule has 7 heteroatoms. The molecule has 106 valence electrons. The lowest BCUT2D eigenvalue weighted by Crippen LogP contribution is -2.51. The van der Waals surface area contributed by atoms with Crippen molar-refractivity contribution in [2.75, 3.05) is 33.4 Å². The van der Waals surface area contributed by atoms with Crippen molar-refractivity contribution in [3.8, 4) is 0 Å². The zero-order chi connectivity index (χ0) is 14.1. The van der Waals surface area contributed by atoms with Gasteiger partial charge in [-0.05, 0) is 5.92 Å². The molecule has 0 aromatic rings.